The summed E-state index contributed by atoms with van der Waals surface area (Å²) in [5.41, 5.74) is 0.334. The highest BCUT2D eigenvalue weighted by Gasteiger charge is 2.44. The second-order valence-electron chi connectivity index (χ2n) is 6.21. The van der Waals surface area contributed by atoms with Crippen molar-refractivity contribution >= 4 is 12.0 Å². The van der Waals surface area contributed by atoms with Crippen molar-refractivity contribution in [2.45, 2.75) is 24.9 Å². The van der Waals surface area contributed by atoms with Gasteiger partial charge in [-0.2, -0.15) is 0 Å². The van der Waals surface area contributed by atoms with Gasteiger partial charge in [0.25, 0.3) is 0 Å². The Morgan fingerprint density at radius 2 is 2.17 bits per heavy atom. The summed E-state index contributed by atoms with van der Waals surface area (Å²) in [4.78, 5) is 25.7. The van der Waals surface area contributed by atoms with Crippen LogP contribution in [-0.4, -0.2) is 48.9 Å². The van der Waals surface area contributed by atoms with Crippen molar-refractivity contribution in [3.05, 3.63) is 23.8 Å². The van der Waals surface area contributed by atoms with Crippen molar-refractivity contribution in [1.29, 1.82) is 0 Å². The maximum absolute atomic E-state index is 12.6. The molecule has 7 heteroatoms. The van der Waals surface area contributed by atoms with E-state index in [1.54, 1.807) is 4.90 Å². The van der Waals surface area contributed by atoms with Gasteiger partial charge in [0.1, 0.15) is 5.60 Å². The predicted octanol–water partition coefficient (Wildman–Crippen LogP) is 1.06. The Bertz CT molecular complexity index is 662. The van der Waals surface area contributed by atoms with Gasteiger partial charge in [-0.3, -0.25) is 4.79 Å². The van der Waals surface area contributed by atoms with Crippen LogP contribution in [0.3, 0.4) is 0 Å². The standard InChI is InChI=1S/C16H18N2O5/c19-14(7-11-2-3-12-13(6-11)22-10-21-12)18-5-1-4-16(9-18)8-17-15(20)23-16/h2-3,6H,1,4-5,7-10H2,(H,17,20)/t16-/m0/s1. The summed E-state index contributed by atoms with van der Waals surface area (Å²) >= 11 is 0. The van der Waals surface area contributed by atoms with Crippen LogP contribution in [0.5, 0.6) is 11.5 Å². The van der Waals surface area contributed by atoms with E-state index in [1.165, 1.54) is 0 Å². The van der Waals surface area contributed by atoms with E-state index >= 15 is 0 Å². The third kappa shape index (κ3) is 2.67. The Kier molecular flexibility index (Phi) is 3.28. The number of alkyl carbamates (subject to hydrolysis) is 1. The molecule has 1 N–H and O–H groups in total. The summed E-state index contributed by atoms with van der Waals surface area (Å²) in [7, 11) is 0. The molecule has 2 saturated heterocycles. The number of hydrogen-bond donors (Lipinski definition) is 1. The number of nitrogens with one attached hydrogen (secondary N) is 1. The number of amides is 2. The third-order valence-corrected chi connectivity index (χ3v) is 4.55. The van der Waals surface area contributed by atoms with Crippen molar-refractivity contribution in [3.63, 3.8) is 0 Å². The number of benzene rings is 1. The lowest BCUT2D eigenvalue weighted by Crippen LogP contribution is -2.52. The highest BCUT2D eigenvalue weighted by molar-refractivity contribution is 5.79. The Morgan fingerprint density at radius 1 is 1.30 bits per heavy atom. The van der Waals surface area contributed by atoms with E-state index < -0.39 is 11.7 Å². The molecule has 3 heterocycles. The van der Waals surface area contributed by atoms with Crippen molar-refractivity contribution < 1.29 is 23.8 Å². The minimum absolute atomic E-state index is 0.0332. The number of ether oxygens (including phenoxy) is 3. The molecule has 2 fully saturated rings. The van der Waals surface area contributed by atoms with Gasteiger partial charge >= 0.3 is 6.09 Å². The molecule has 0 aromatic heterocycles. The number of likely N-dealkylation sites (tertiary alicyclic amines) is 1. The fourth-order valence-electron chi connectivity index (χ4n) is 3.38. The molecule has 0 radical (unpaired) electrons. The SMILES string of the molecule is O=C1NC[C@]2(CCCN(C(=O)Cc3ccc4c(c3)OCO4)C2)O1. The van der Waals surface area contributed by atoms with Crippen molar-refractivity contribution in [2.75, 3.05) is 26.4 Å². The molecule has 2 amide bonds. The summed E-state index contributed by atoms with van der Waals surface area (Å²) in [5.74, 6) is 1.42. The molecule has 3 aliphatic heterocycles. The van der Waals surface area contributed by atoms with Crippen molar-refractivity contribution in [3.8, 4) is 11.5 Å². The monoisotopic (exact) mass is 318 g/mol. The van der Waals surface area contributed by atoms with Gasteiger partial charge in [-0.1, -0.05) is 6.07 Å². The number of hydrogen-bond acceptors (Lipinski definition) is 5. The number of fused-ring (bicyclic) bond motifs is 1. The van der Waals surface area contributed by atoms with Crippen LogP contribution < -0.4 is 14.8 Å². The van der Waals surface area contributed by atoms with E-state index in [-0.39, 0.29) is 12.7 Å². The van der Waals surface area contributed by atoms with Crippen molar-refractivity contribution in [2.24, 2.45) is 0 Å². The molecule has 0 aliphatic carbocycles. The zero-order valence-electron chi connectivity index (χ0n) is 12.7. The molecule has 1 aromatic carbocycles. The number of carbonyl (C=O) groups excluding carboxylic acids is 2. The van der Waals surface area contributed by atoms with Crippen LogP contribution in [0.1, 0.15) is 18.4 Å². The predicted molar refractivity (Wildman–Crippen MR) is 79.3 cm³/mol. The Hall–Kier alpha value is -2.44. The molecule has 1 spiro atoms. The van der Waals surface area contributed by atoms with E-state index in [4.69, 9.17) is 14.2 Å². The van der Waals surface area contributed by atoms with E-state index in [9.17, 15) is 9.59 Å². The van der Waals surface area contributed by atoms with Crippen LogP contribution in [-0.2, 0) is 16.0 Å². The average molecular weight is 318 g/mol. The largest absolute Gasteiger partial charge is 0.454 e. The summed E-state index contributed by atoms with van der Waals surface area (Å²) in [6.07, 6.45) is 1.53. The average Bonchev–Trinajstić information content (AvgIpc) is 3.14. The Morgan fingerprint density at radius 3 is 3.00 bits per heavy atom. The first-order valence-corrected chi connectivity index (χ1v) is 7.77. The van der Waals surface area contributed by atoms with Gasteiger partial charge < -0.3 is 24.4 Å². The summed E-state index contributed by atoms with van der Waals surface area (Å²) in [6, 6.07) is 5.55. The molecule has 23 heavy (non-hydrogen) atoms. The van der Waals surface area contributed by atoms with Gasteiger partial charge in [-0.05, 0) is 30.5 Å². The second kappa shape index (κ2) is 5.33. The van der Waals surface area contributed by atoms with Crippen molar-refractivity contribution in [1.82, 2.24) is 10.2 Å². The topological polar surface area (TPSA) is 77.1 Å². The molecule has 3 aliphatic rings. The molecule has 0 saturated carbocycles. The van der Waals surface area contributed by atoms with Gasteiger partial charge in [0.15, 0.2) is 11.5 Å². The van der Waals surface area contributed by atoms with Gasteiger partial charge in [0, 0.05) is 6.54 Å². The molecule has 1 aromatic rings. The van der Waals surface area contributed by atoms with Crippen LogP contribution in [0.4, 0.5) is 4.79 Å². The van der Waals surface area contributed by atoms with Crippen LogP contribution in [0.15, 0.2) is 18.2 Å². The summed E-state index contributed by atoms with van der Waals surface area (Å²) < 4.78 is 16.0. The molecule has 7 nitrogen and oxygen atoms in total. The normalized spacial score (nSPS) is 25.4. The quantitative estimate of drug-likeness (QED) is 0.882. The highest BCUT2D eigenvalue weighted by Crippen LogP contribution is 2.33. The zero-order valence-corrected chi connectivity index (χ0v) is 12.7. The summed E-state index contributed by atoms with van der Waals surface area (Å²) in [5, 5.41) is 2.69. The second-order valence-corrected chi connectivity index (χ2v) is 6.21. The maximum atomic E-state index is 12.6. The molecule has 4 rings (SSSR count). The number of rotatable bonds is 2. The minimum atomic E-state index is -0.556. The Balaban J connectivity index is 1.43. The third-order valence-electron chi connectivity index (χ3n) is 4.55. The minimum Gasteiger partial charge on any atom is -0.454 e. The lowest BCUT2D eigenvalue weighted by molar-refractivity contribution is -0.136. The van der Waals surface area contributed by atoms with E-state index in [0.717, 1.165) is 18.4 Å². The molecular formula is C16H18N2O5. The molecule has 0 bridgehead atoms. The van der Waals surface area contributed by atoms with E-state index in [2.05, 4.69) is 5.32 Å². The van der Waals surface area contributed by atoms with Crippen LogP contribution in [0, 0.1) is 0 Å². The fourth-order valence-corrected chi connectivity index (χ4v) is 3.38. The maximum Gasteiger partial charge on any atom is 0.407 e. The molecular weight excluding hydrogens is 300 g/mol. The Labute approximate surface area is 133 Å². The van der Waals surface area contributed by atoms with Crippen LogP contribution >= 0.6 is 0 Å². The number of carbonyl (C=O) groups is 2. The first-order chi connectivity index (χ1) is 11.1. The highest BCUT2D eigenvalue weighted by atomic mass is 16.7. The van der Waals surface area contributed by atoms with Crippen LogP contribution in [0.2, 0.25) is 0 Å². The lowest BCUT2D eigenvalue weighted by atomic mass is 9.92. The summed E-state index contributed by atoms with van der Waals surface area (Å²) in [6.45, 7) is 1.84. The molecule has 0 unspecified atom stereocenters. The smallest absolute Gasteiger partial charge is 0.407 e. The van der Waals surface area contributed by atoms with Gasteiger partial charge in [-0.25, -0.2) is 4.79 Å². The first-order valence-electron chi connectivity index (χ1n) is 7.77. The molecule has 1 atom stereocenters. The number of piperidine rings is 1. The number of nitrogens with zero attached hydrogens (tertiary/aromatic N) is 1. The van der Waals surface area contributed by atoms with Crippen LogP contribution in [0.25, 0.3) is 0 Å². The van der Waals surface area contributed by atoms with Gasteiger partial charge in [0.05, 0.1) is 19.5 Å². The van der Waals surface area contributed by atoms with E-state index in [0.29, 0.717) is 37.6 Å². The zero-order chi connectivity index (χ0) is 15.9. The lowest BCUT2D eigenvalue weighted by Gasteiger charge is -2.38. The van der Waals surface area contributed by atoms with Gasteiger partial charge in [0.2, 0.25) is 12.7 Å². The fraction of sp³-hybridized carbons (Fsp3) is 0.500. The van der Waals surface area contributed by atoms with E-state index in [1.807, 2.05) is 18.2 Å². The van der Waals surface area contributed by atoms with Gasteiger partial charge in [-0.15, -0.1) is 0 Å². The first kappa shape index (κ1) is 14.2. The molecule has 122 valence electrons.